The number of thiophene rings is 1. The van der Waals surface area contributed by atoms with E-state index in [0.29, 0.717) is 59.2 Å². The molecule has 3 amide bonds. The van der Waals surface area contributed by atoms with E-state index in [1.165, 1.54) is 11.3 Å². The number of nitrogens with zero attached hydrogens (tertiary/aromatic N) is 1. The van der Waals surface area contributed by atoms with E-state index < -0.39 is 0 Å². The predicted octanol–water partition coefficient (Wildman–Crippen LogP) is 4.22. The zero-order chi connectivity index (χ0) is 23.5. The van der Waals surface area contributed by atoms with E-state index in [1.807, 2.05) is 11.4 Å². The molecule has 2 aromatic carbocycles. The zero-order valence-electron chi connectivity index (χ0n) is 18.3. The van der Waals surface area contributed by atoms with Gasteiger partial charge in [-0.1, -0.05) is 6.07 Å². The Kier molecular flexibility index (Phi) is 6.18. The molecule has 2 aliphatic rings. The van der Waals surface area contributed by atoms with Crippen LogP contribution in [-0.2, 0) is 4.79 Å². The van der Waals surface area contributed by atoms with Crippen LogP contribution >= 0.6 is 11.3 Å². The molecule has 0 unspecified atom stereocenters. The second-order valence-corrected chi connectivity index (χ2v) is 9.08. The summed E-state index contributed by atoms with van der Waals surface area (Å²) in [6.07, 6.45) is 1.19. The van der Waals surface area contributed by atoms with E-state index in [0.717, 1.165) is 0 Å². The van der Waals surface area contributed by atoms with Gasteiger partial charge in [0.2, 0.25) is 12.7 Å². The van der Waals surface area contributed by atoms with Crippen LogP contribution in [-0.4, -0.2) is 42.5 Å². The Labute approximate surface area is 200 Å². The quantitative estimate of drug-likeness (QED) is 0.574. The molecule has 0 aliphatic carbocycles. The van der Waals surface area contributed by atoms with Gasteiger partial charge in [-0.05, 0) is 60.7 Å². The molecule has 0 radical (unpaired) electrons. The van der Waals surface area contributed by atoms with Crippen LogP contribution < -0.4 is 20.1 Å². The van der Waals surface area contributed by atoms with Crippen LogP contribution in [0.25, 0.3) is 0 Å². The van der Waals surface area contributed by atoms with E-state index in [9.17, 15) is 14.4 Å². The number of hydrogen-bond acceptors (Lipinski definition) is 6. The highest BCUT2D eigenvalue weighted by molar-refractivity contribution is 7.12. The lowest BCUT2D eigenvalue weighted by Crippen LogP contribution is -2.41. The molecule has 2 N–H and O–H groups in total. The fourth-order valence-electron chi connectivity index (χ4n) is 4.04. The molecule has 1 aromatic heterocycles. The minimum atomic E-state index is -0.171. The molecule has 5 rings (SSSR count). The summed E-state index contributed by atoms with van der Waals surface area (Å²) in [5.41, 5.74) is 1.85. The molecule has 0 spiro atoms. The number of ether oxygens (including phenoxy) is 2. The molecule has 0 bridgehead atoms. The van der Waals surface area contributed by atoms with Crippen molar-refractivity contribution in [3.05, 3.63) is 70.4 Å². The molecule has 0 saturated carbocycles. The average molecular weight is 478 g/mol. The van der Waals surface area contributed by atoms with Gasteiger partial charge in [-0.25, -0.2) is 0 Å². The number of benzene rings is 2. The highest BCUT2D eigenvalue weighted by Gasteiger charge is 2.28. The fourth-order valence-corrected chi connectivity index (χ4v) is 4.66. The van der Waals surface area contributed by atoms with Crippen LogP contribution in [0.4, 0.5) is 11.4 Å². The molecule has 3 aromatic rings. The maximum absolute atomic E-state index is 12.9. The number of likely N-dealkylation sites (tertiary alicyclic amines) is 1. The van der Waals surface area contributed by atoms with Gasteiger partial charge in [0.1, 0.15) is 0 Å². The minimum Gasteiger partial charge on any atom is -0.454 e. The first kappa shape index (κ1) is 22.0. The minimum absolute atomic E-state index is 0.0585. The van der Waals surface area contributed by atoms with Gasteiger partial charge in [0.25, 0.3) is 11.8 Å². The van der Waals surface area contributed by atoms with E-state index >= 15 is 0 Å². The van der Waals surface area contributed by atoms with Gasteiger partial charge < -0.3 is 25.0 Å². The first-order valence-corrected chi connectivity index (χ1v) is 11.9. The van der Waals surface area contributed by atoms with Crippen molar-refractivity contribution >= 4 is 40.4 Å². The molecular formula is C25H23N3O5S. The summed E-state index contributed by atoms with van der Waals surface area (Å²) in [6, 6.07) is 15.8. The third-order valence-electron chi connectivity index (χ3n) is 5.93. The smallest absolute Gasteiger partial charge is 0.265 e. The number of amides is 3. The third kappa shape index (κ3) is 4.74. The van der Waals surface area contributed by atoms with Crippen molar-refractivity contribution in [2.75, 3.05) is 30.5 Å². The Morgan fingerprint density at radius 3 is 2.35 bits per heavy atom. The van der Waals surface area contributed by atoms with Crippen molar-refractivity contribution in [3.63, 3.8) is 0 Å². The van der Waals surface area contributed by atoms with E-state index in [1.54, 1.807) is 53.4 Å². The van der Waals surface area contributed by atoms with Crippen LogP contribution in [0, 0.1) is 5.92 Å². The van der Waals surface area contributed by atoms with Crippen molar-refractivity contribution < 1.29 is 23.9 Å². The van der Waals surface area contributed by atoms with Crippen LogP contribution in [0.5, 0.6) is 11.5 Å². The van der Waals surface area contributed by atoms with Gasteiger partial charge in [-0.3, -0.25) is 14.4 Å². The third-order valence-corrected chi connectivity index (χ3v) is 6.80. The Bertz CT molecular complexity index is 1200. The molecule has 9 heteroatoms. The number of nitrogens with one attached hydrogen (secondary N) is 2. The molecule has 1 saturated heterocycles. The van der Waals surface area contributed by atoms with Crippen molar-refractivity contribution in [2.45, 2.75) is 12.8 Å². The Balaban J connectivity index is 1.12. The van der Waals surface area contributed by atoms with Crippen molar-refractivity contribution in [1.82, 2.24) is 4.90 Å². The Morgan fingerprint density at radius 2 is 1.62 bits per heavy atom. The highest BCUT2D eigenvalue weighted by atomic mass is 32.1. The number of carbonyl (C=O) groups excluding carboxylic acids is 3. The SMILES string of the molecule is O=C(Nc1ccc(C(=O)N2CCC(C(=O)Nc3ccc4c(c3)OCO4)CC2)cc1)c1cccs1. The monoisotopic (exact) mass is 477 g/mol. The summed E-state index contributed by atoms with van der Waals surface area (Å²) < 4.78 is 10.6. The first-order valence-electron chi connectivity index (χ1n) is 11.0. The Morgan fingerprint density at radius 1 is 0.882 bits per heavy atom. The average Bonchev–Trinajstić information content (AvgIpc) is 3.56. The van der Waals surface area contributed by atoms with Crippen molar-refractivity contribution in [3.8, 4) is 11.5 Å². The van der Waals surface area contributed by atoms with Crippen molar-refractivity contribution in [2.24, 2.45) is 5.92 Å². The molecule has 1 fully saturated rings. The van der Waals surface area contributed by atoms with E-state index in [2.05, 4.69) is 10.6 Å². The van der Waals surface area contributed by atoms with Crippen LogP contribution in [0.2, 0.25) is 0 Å². The largest absolute Gasteiger partial charge is 0.454 e. The summed E-state index contributed by atoms with van der Waals surface area (Å²) in [6.45, 7) is 1.20. The maximum Gasteiger partial charge on any atom is 0.265 e. The molecule has 8 nitrogen and oxygen atoms in total. The zero-order valence-corrected chi connectivity index (χ0v) is 19.1. The van der Waals surface area contributed by atoms with Crippen LogP contribution in [0.15, 0.2) is 60.0 Å². The number of piperidine rings is 1. The number of anilines is 2. The molecule has 0 atom stereocenters. The Hall–Kier alpha value is -3.85. The summed E-state index contributed by atoms with van der Waals surface area (Å²) >= 11 is 1.37. The van der Waals surface area contributed by atoms with E-state index in [4.69, 9.17) is 9.47 Å². The molecule has 174 valence electrons. The number of hydrogen-bond donors (Lipinski definition) is 2. The topological polar surface area (TPSA) is 97.0 Å². The van der Waals surface area contributed by atoms with Gasteiger partial charge in [-0.2, -0.15) is 0 Å². The number of fused-ring (bicyclic) bond motifs is 1. The predicted molar refractivity (Wildman–Crippen MR) is 129 cm³/mol. The lowest BCUT2D eigenvalue weighted by Gasteiger charge is -2.31. The van der Waals surface area contributed by atoms with E-state index in [-0.39, 0.29) is 30.4 Å². The summed E-state index contributed by atoms with van der Waals surface area (Å²) in [4.78, 5) is 40.2. The van der Waals surface area contributed by atoms with Gasteiger partial charge in [0.15, 0.2) is 11.5 Å². The summed E-state index contributed by atoms with van der Waals surface area (Å²) in [5, 5.41) is 7.61. The summed E-state index contributed by atoms with van der Waals surface area (Å²) in [7, 11) is 0. The lowest BCUT2D eigenvalue weighted by atomic mass is 9.95. The van der Waals surface area contributed by atoms with Crippen LogP contribution in [0.3, 0.4) is 0 Å². The first-order chi connectivity index (χ1) is 16.6. The molecular weight excluding hydrogens is 454 g/mol. The molecule has 3 heterocycles. The fraction of sp³-hybridized carbons (Fsp3) is 0.240. The molecule has 2 aliphatic heterocycles. The van der Waals surface area contributed by atoms with Crippen LogP contribution in [0.1, 0.15) is 32.9 Å². The van der Waals surface area contributed by atoms with Gasteiger partial charge in [0, 0.05) is 42.0 Å². The maximum atomic E-state index is 12.9. The second kappa shape index (κ2) is 9.56. The number of carbonyl (C=O) groups is 3. The standard InChI is InChI=1S/C25H23N3O5S/c29-23(27-19-7-8-20-21(14-19)33-15-32-20)16-9-11-28(12-10-16)25(31)17-3-5-18(6-4-17)26-24(30)22-2-1-13-34-22/h1-8,13-14,16H,9-12,15H2,(H,26,30)(H,27,29). The highest BCUT2D eigenvalue weighted by Crippen LogP contribution is 2.34. The normalized spacial score (nSPS) is 15.1. The summed E-state index contributed by atoms with van der Waals surface area (Å²) in [5.74, 6) is 0.820. The second-order valence-electron chi connectivity index (χ2n) is 8.13. The van der Waals surface area contributed by atoms with Crippen molar-refractivity contribution in [1.29, 1.82) is 0 Å². The van der Waals surface area contributed by atoms with Gasteiger partial charge >= 0.3 is 0 Å². The lowest BCUT2D eigenvalue weighted by molar-refractivity contribution is -0.121. The van der Waals surface area contributed by atoms with Gasteiger partial charge in [0.05, 0.1) is 4.88 Å². The number of rotatable bonds is 5. The van der Waals surface area contributed by atoms with Gasteiger partial charge in [-0.15, -0.1) is 11.3 Å². The molecule has 34 heavy (non-hydrogen) atoms.